The second-order valence-electron chi connectivity index (χ2n) is 7.15. The maximum Gasteiger partial charge on any atom is 0.191 e. The Balaban J connectivity index is 1.92. The second-order valence-corrected chi connectivity index (χ2v) is 7.15. The highest BCUT2D eigenvalue weighted by atomic mass is 16.5. The van der Waals surface area contributed by atoms with Crippen molar-refractivity contribution in [1.29, 1.82) is 0 Å². The number of hydrogen-bond acceptors (Lipinski definition) is 2. The van der Waals surface area contributed by atoms with Crippen molar-refractivity contribution in [2.75, 3.05) is 33.4 Å². The zero-order valence-electron chi connectivity index (χ0n) is 15.5. The highest BCUT2D eigenvalue weighted by Gasteiger charge is 2.34. The van der Waals surface area contributed by atoms with Crippen LogP contribution < -0.4 is 10.6 Å². The van der Waals surface area contributed by atoms with Crippen molar-refractivity contribution in [2.45, 2.75) is 44.9 Å². The van der Waals surface area contributed by atoms with Gasteiger partial charge in [0.25, 0.3) is 0 Å². The van der Waals surface area contributed by atoms with Crippen LogP contribution in [0.5, 0.6) is 0 Å². The van der Waals surface area contributed by atoms with Gasteiger partial charge in [0, 0.05) is 38.8 Å². The number of hydrogen-bond donors (Lipinski definition) is 2. The van der Waals surface area contributed by atoms with Gasteiger partial charge in [0.05, 0.1) is 0 Å². The lowest BCUT2D eigenvalue weighted by molar-refractivity contribution is 0.0514. The SMILES string of the molecule is CN=C(NCCCC(C)C)NCC1(c2ccccc2)CCOCC1. The van der Waals surface area contributed by atoms with Crippen molar-refractivity contribution in [3.05, 3.63) is 35.9 Å². The van der Waals surface area contributed by atoms with Gasteiger partial charge >= 0.3 is 0 Å². The van der Waals surface area contributed by atoms with E-state index in [0.29, 0.717) is 0 Å². The fourth-order valence-corrected chi connectivity index (χ4v) is 3.31. The Hall–Kier alpha value is -1.55. The molecule has 0 aromatic heterocycles. The molecule has 1 aromatic rings. The maximum atomic E-state index is 5.61. The van der Waals surface area contributed by atoms with Crippen LogP contribution in [0.2, 0.25) is 0 Å². The highest BCUT2D eigenvalue weighted by molar-refractivity contribution is 5.79. The van der Waals surface area contributed by atoms with E-state index in [9.17, 15) is 0 Å². The minimum Gasteiger partial charge on any atom is -0.381 e. The van der Waals surface area contributed by atoms with Crippen molar-refractivity contribution < 1.29 is 4.74 Å². The molecule has 1 aromatic carbocycles. The van der Waals surface area contributed by atoms with Crippen molar-refractivity contribution >= 4 is 5.96 Å². The third-order valence-corrected chi connectivity index (χ3v) is 4.90. The molecule has 0 aliphatic carbocycles. The average Bonchev–Trinajstić information content (AvgIpc) is 2.62. The van der Waals surface area contributed by atoms with Gasteiger partial charge in [0.15, 0.2) is 5.96 Å². The van der Waals surface area contributed by atoms with Gasteiger partial charge in [-0.25, -0.2) is 0 Å². The van der Waals surface area contributed by atoms with Crippen LogP contribution in [-0.2, 0) is 10.2 Å². The fourth-order valence-electron chi connectivity index (χ4n) is 3.31. The molecule has 1 aliphatic rings. The Kier molecular flexibility index (Phi) is 7.57. The molecule has 0 atom stereocenters. The van der Waals surface area contributed by atoms with E-state index in [1.165, 1.54) is 18.4 Å². The molecular weight excluding hydrogens is 298 g/mol. The van der Waals surface area contributed by atoms with Crippen LogP contribution in [0.4, 0.5) is 0 Å². The normalized spacial score (nSPS) is 17.8. The van der Waals surface area contributed by atoms with Crippen molar-refractivity contribution in [2.24, 2.45) is 10.9 Å². The predicted molar refractivity (Wildman–Crippen MR) is 102 cm³/mol. The van der Waals surface area contributed by atoms with E-state index in [2.05, 4.69) is 59.8 Å². The van der Waals surface area contributed by atoms with Crippen LogP contribution in [0.25, 0.3) is 0 Å². The minimum absolute atomic E-state index is 0.134. The smallest absolute Gasteiger partial charge is 0.191 e. The number of aliphatic imine (C=N–C) groups is 1. The first-order valence-electron chi connectivity index (χ1n) is 9.24. The first-order chi connectivity index (χ1) is 11.7. The lowest BCUT2D eigenvalue weighted by atomic mass is 9.74. The molecule has 0 amide bonds. The highest BCUT2D eigenvalue weighted by Crippen LogP contribution is 2.34. The van der Waals surface area contributed by atoms with Gasteiger partial charge in [-0.3, -0.25) is 4.99 Å². The first-order valence-corrected chi connectivity index (χ1v) is 9.24. The molecule has 1 heterocycles. The number of nitrogens with one attached hydrogen (secondary N) is 2. The summed E-state index contributed by atoms with van der Waals surface area (Å²) in [6.07, 6.45) is 4.52. The van der Waals surface area contributed by atoms with Crippen molar-refractivity contribution in [3.8, 4) is 0 Å². The summed E-state index contributed by atoms with van der Waals surface area (Å²) in [5, 5.41) is 6.99. The molecule has 4 heteroatoms. The summed E-state index contributed by atoms with van der Waals surface area (Å²) in [4.78, 5) is 4.38. The summed E-state index contributed by atoms with van der Waals surface area (Å²) in [5.41, 5.74) is 1.53. The minimum atomic E-state index is 0.134. The average molecular weight is 332 g/mol. The van der Waals surface area contributed by atoms with E-state index < -0.39 is 0 Å². The van der Waals surface area contributed by atoms with Gasteiger partial charge in [-0.05, 0) is 37.2 Å². The fraction of sp³-hybridized carbons (Fsp3) is 0.650. The largest absolute Gasteiger partial charge is 0.381 e. The number of ether oxygens (including phenoxy) is 1. The van der Waals surface area contributed by atoms with Crippen LogP contribution in [0.3, 0.4) is 0 Å². The molecule has 0 unspecified atom stereocenters. The molecule has 1 saturated heterocycles. The second kappa shape index (κ2) is 9.67. The summed E-state index contributed by atoms with van der Waals surface area (Å²) >= 11 is 0. The number of rotatable bonds is 7. The zero-order chi connectivity index (χ0) is 17.3. The lowest BCUT2D eigenvalue weighted by Gasteiger charge is -2.38. The van der Waals surface area contributed by atoms with Gasteiger partial charge < -0.3 is 15.4 Å². The number of guanidine groups is 1. The topological polar surface area (TPSA) is 45.7 Å². The summed E-state index contributed by atoms with van der Waals surface area (Å²) in [6.45, 7) is 8.06. The molecule has 134 valence electrons. The molecule has 0 bridgehead atoms. The Morgan fingerprint density at radius 2 is 1.88 bits per heavy atom. The van der Waals surface area contributed by atoms with Crippen LogP contribution in [-0.4, -0.2) is 39.3 Å². The van der Waals surface area contributed by atoms with E-state index >= 15 is 0 Å². The van der Waals surface area contributed by atoms with Gasteiger partial charge in [-0.15, -0.1) is 0 Å². The predicted octanol–water partition coefficient (Wildman–Crippen LogP) is 3.34. The Bertz CT molecular complexity index is 493. The zero-order valence-corrected chi connectivity index (χ0v) is 15.5. The van der Waals surface area contributed by atoms with Crippen molar-refractivity contribution in [3.63, 3.8) is 0 Å². The molecule has 0 radical (unpaired) electrons. The van der Waals surface area contributed by atoms with Crippen LogP contribution in [0.15, 0.2) is 35.3 Å². The van der Waals surface area contributed by atoms with E-state index in [-0.39, 0.29) is 5.41 Å². The molecule has 0 spiro atoms. The summed E-state index contributed by atoms with van der Waals surface area (Å²) in [5.74, 6) is 1.66. The Morgan fingerprint density at radius 1 is 1.17 bits per heavy atom. The molecule has 1 aliphatic heterocycles. The van der Waals surface area contributed by atoms with E-state index in [4.69, 9.17) is 4.74 Å². The monoisotopic (exact) mass is 331 g/mol. The molecule has 2 N–H and O–H groups in total. The van der Waals surface area contributed by atoms with Crippen molar-refractivity contribution in [1.82, 2.24) is 10.6 Å². The van der Waals surface area contributed by atoms with E-state index in [0.717, 1.165) is 51.0 Å². The quantitative estimate of drug-likeness (QED) is 0.458. The lowest BCUT2D eigenvalue weighted by Crippen LogP contribution is -2.48. The Morgan fingerprint density at radius 3 is 2.50 bits per heavy atom. The summed E-state index contributed by atoms with van der Waals surface area (Å²) in [6, 6.07) is 10.8. The van der Waals surface area contributed by atoms with E-state index in [1.807, 2.05) is 7.05 Å². The standard InChI is InChI=1S/C20H33N3O/c1-17(2)8-7-13-22-19(21-3)23-16-20(11-14-24-15-12-20)18-9-5-4-6-10-18/h4-6,9-10,17H,7-8,11-16H2,1-3H3,(H2,21,22,23). The summed E-state index contributed by atoms with van der Waals surface area (Å²) in [7, 11) is 1.84. The van der Waals surface area contributed by atoms with Gasteiger partial charge in [-0.2, -0.15) is 0 Å². The van der Waals surface area contributed by atoms with Gasteiger partial charge in [-0.1, -0.05) is 44.2 Å². The number of nitrogens with zero attached hydrogens (tertiary/aromatic N) is 1. The summed E-state index contributed by atoms with van der Waals surface area (Å²) < 4.78 is 5.61. The van der Waals surface area contributed by atoms with Crippen LogP contribution in [0, 0.1) is 5.92 Å². The maximum absolute atomic E-state index is 5.61. The molecule has 1 fully saturated rings. The molecular formula is C20H33N3O. The van der Waals surface area contributed by atoms with Crippen LogP contribution >= 0.6 is 0 Å². The molecule has 0 saturated carbocycles. The molecule has 2 rings (SSSR count). The van der Waals surface area contributed by atoms with Gasteiger partial charge in [0.1, 0.15) is 0 Å². The molecule has 4 nitrogen and oxygen atoms in total. The third kappa shape index (κ3) is 5.52. The first kappa shape index (κ1) is 18.8. The Labute approximate surface area is 147 Å². The number of benzene rings is 1. The van der Waals surface area contributed by atoms with E-state index in [1.54, 1.807) is 0 Å². The van der Waals surface area contributed by atoms with Crippen LogP contribution in [0.1, 0.15) is 45.1 Å². The molecule has 24 heavy (non-hydrogen) atoms. The van der Waals surface area contributed by atoms with Gasteiger partial charge in [0.2, 0.25) is 0 Å². The third-order valence-electron chi connectivity index (χ3n) is 4.90.